The summed E-state index contributed by atoms with van der Waals surface area (Å²) in [5.74, 6) is 0. The Kier molecular flexibility index (Phi) is 2.20. The summed E-state index contributed by atoms with van der Waals surface area (Å²) in [4.78, 5) is 4.50. The lowest BCUT2D eigenvalue weighted by Crippen LogP contribution is -2.30. The fourth-order valence-electron chi connectivity index (χ4n) is 2.90. The summed E-state index contributed by atoms with van der Waals surface area (Å²) in [6.07, 6.45) is 10.0. The van der Waals surface area contributed by atoms with Gasteiger partial charge in [-0.05, 0) is 38.0 Å². The van der Waals surface area contributed by atoms with Crippen molar-refractivity contribution in [3.8, 4) is 0 Å². The molecule has 1 heteroatoms. The van der Waals surface area contributed by atoms with Crippen LogP contribution in [0.5, 0.6) is 0 Å². The summed E-state index contributed by atoms with van der Waals surface area (Å²) in [5, 5.41) is 0. The van der Waals surface area contributed by atoms with Crippen molar-refractivity contribution in [3.63, 3.8) is 0 Å². The molecule has 68 valence electrons. The fourth-order valence-corrected chi connectivity index (χ4v) is 2.90. The number of hydrogen-bond acceptors (Lipinski definition) is 1. The third kappa shape index (κ3) is 1.55. The first-order valence-electron chi connectivity index (χ1n) is 5.31. The Morgan fingerprint density at radius 2 is 1.83 bits per heavy atom. The lowest BCUT2D eigenvalue weighted by atomic mass is 9.68. The largest absolute Gasteiger partial charge is 0.294 e. The summed E-state index contributed by atoms with van der Waals surface area (Å²) in [6.45, 7) is 3.31. The molecule has 0 radical (unpaired) electrons. The maximum Gasteiger partial charge on any atom is 0.0393 e. The first-order chi connectivity index (χ1) is 5.81. The van der Waals surface area contributed by atoms with Crippen LogP contribution in [0.2, 0.25) is 0 Å². The molecule has 0 aromatic rings. The van der Waals surface area contributed by atoms with Gasteiger partial charge in [0.1, 0.15) is 0 Å². The van der Waals surface area contributed by atoms with E-state index in [9.17, 15) is 0 Å². The van der Waals surface area contributed by atoms with Crippen LogP contribution >= 0.6 is 0 Å². The summed E-state index contributed by atoms with van der Waals surface area (Å²) >= 11 is 0. The van der Waals surface area contributed by atoms with Crippen molar-refractivity contribution < 1.29 is 0 Å². The second-order valence-electron chi connectivity index (χ2n) is 4.60. The van der Waals surface area contributed by atoms with Gasteiger partial charge in [-0.1, -0.05) is 19.3 Å². The van der Waals surface area contributed by atoms with Crippen LogP contribution in [0.25, 0.3) is 0 Å². The van der Waals surface area contributed by atoms with Crippen LogP contribution in [0.1, 0.15) is 51.9 Å². The van der Waals surface area contributed by atoms with Crippen molar-refractivity contribution in [1.82, 2.24) is 0 Å². The van der Waals surface area contributed by atoms with Crippen LogP contribution in [-0.4, -0.2) is 12.3 Å². The summed E-state index contributed by atoms with van der Waals surface area (Å²) in [6, 6.07) is 0. The van der Waals surface area contributed by atoms with E-state index in [0.717, 1.165) is 6.54 Å². The average molecular weight is 165 g/mol. The predicted molar refractivity (Wildman–Crippen MR) is 52.7 cm³/mol. The molecule has 1 nitrogen and oxygen atoms in total. The Balaban J connectivity index is 2.05. The molecule has 0 unspecified atom stereocenters. The Morgan fingerprint density at radius 1 is 1.08 bits per heavy atom. The van der Waals surface area contributed by atoms with E-state index in [1.165, 1.54) is 50.7 Å². The van der Waals surface area contributed by atoms with Crippen LogP contribution in [0.3, 0.4) is 0 Å². The topological polar surface area (TPSA) is 12.4 Å². The van der Waals surface area contributed by atoms with Crippen molar-refractivity contribution in [1.29, 1.82) is 0 Å². The van der Waals surface area contributed by atoms with Gasteiger partial charge in [-0.3, -0.25) is 4.99 Å². The zero-order valence-corrected chi connectivity index (χ0v) is 8.10. The average Bonchev–Trinajstić information content (AvgIpc) is 2.05. The fraction of sp³-hybridized carbons (Fsp3) is 0.909. The van der Waals surface area contributed by atoms with Gasteiger partial charge < -0.3 is 0 Å². The highest BCUT2D eigenvalue weighted by atomic mass is 14.8. The van der Waals surface area contributed by atoms with Crippen molar-refractivity contribution in [2.45, 2.75) is 51.9 Å². The lowest BCUT2D eigenvalue weighted by Gasteiger charge is -2.39. The molecule has 0 bridgehead atoms. The van der Waals surface area contributed by atoms with E-state index in [0.29, 0.717) is 5.41 Å². The second-order valence-corrected chi connectivity index (χ2v) is 4.60. The van der Waals surface area contributed by atoms with E-state index < -0.39 is 0 Å². The Bertz CT molecular complexity index is 187. The molecule has 1 saturated carbocycles. The van der Waals surface area contributed by atoms with Crippen LogP contribution in [0.15, 0.2) is 4.99 Å². The molecule has 2 rings (SSSR count). The first kappa shape index (κ1) is 8.28. The standard InChI is InChI=1S/C11H19N/c1-10-9-11(7-8-12-10)5-3-2-4-6-11/h2-9H2,1H3. The van der Waals surface area contributed by atoms with Crippen LogP contribution < -0.4 is 0 Å². The smallest absolute Gasteiger partial charge is 0.0393 e. The summed E-state index contributed by atoms with van der Waals surface area (Å²) in [5.41, 5.74) is 2.10. The molecule has 1 spiro atoms. The quantitative estimate of drug-likeness (QED) is 0.522. The zero-order chi connectivity index (χ0) is 8.44. The first-order valence-corrected chi connectivity index (χ1v) is 5.31. The van der Waals surface area contributed by atoms with Crippen molar-refractivity contribution >= 4 is 5.71 Å². The van der Waals surface area contributed by atoms with Gasteiger partial charge in [0.25, 0.3) is 0 Å². The molecule has 12 heavy (non-hydrogen) atoms. The molecule has 0 saturated heterocycles. The van der Waals surface area contributed by atoms with Gasteiger partial charge in [0.2, 0.25) is 0 Å². The molecule has 1 fully saturated rings. The third-order valence-electron chi connectivity index (χ3n) is 3.57. The third-order valence-corrected chi connectivity index (χ3v) is 3.57. The van der Waals surface area contributed by atoms with Gasteiger partial charge in [-0.15, -0.1) is 0 Å². The minimum atomic E-state index is 0.698. The van der Waals surface area contributed by atoms with Crippen LogP contribution in [-0.2, 0) is 0 Å². The van der Waals surface area contributed by atoms with Gasteiger partial charge in [-0.2, -0.15) is 0 Å². The predicted octanol–water partition coefficient (Wildman–Crippen LogP) is 3.19. The zero-order valence-electron chi connectivity index (χ0n) is 8.10. The van der Waals surface area contributed by atoms with Gasteiger partial charge in [-0.25, -0.2) is 0 Å². The number of hydrogen-bond donors (Lipinski definition) is 0. The highest BCUT2D eigenvalue weighted by molar-refractivity contribution is 5.83. The van der Waals surface area contributed by atoms with Gasteiger partial charge in [0.15, 0.2) is 0 Å². The highest BCUT2D eigenvalue weighted by Crippen LogP contribution is 2.43. The van der Waals surface area contributed by atoms with E-state index in [1.54, 1.807) is 0 Å². The monoisotopic (exact) mass is 165 g/mol. The molecular weight excluding hydrogens is 146 g/mol. The molecule has 1 aliphatic heterocycles. The molecule has 0 atom stereocenters. The molecule has 0 N–H and O–H groups in total. The van der Waals surface area contributed by atoms with E-state index in [-0.39, 0.29) is 0 Å². The molecular formula is C11H19N. The van der Waals surface area contributed by atoms with Gasteiger partial charge in [0.05, 0.1) is 0 Å². The maximum atomic E-state index is 4.50. The number of aliphatic imine (C=N–C) groups is 1. The van der Waals surface area contributed by atoms with Crippen LogP contribution in [0.4, 0.5) is 0 Å². The normalized spacial score (nSPS) is 28.6. The number of rotatable bonds is 0. The van der Waals surface area contributed by atoms with Crippen LogP contribution in [0, 0.1) is 5.41 Å². The minimum Gasteiger partial charge on any atom is -0.294 e. The molecule has 1 aliphatic carbocycles. The maximum absolute atomic E-state index is 4.50. The molecule has 0 amide bonds. The van der Waals surface area contributed by atoms with E-state index >= 15 is 0 Å². The second kappa shape index (κ2) is 3.20. The van der Waals surface area contributed by atoms with Crippen molar-refractivity contribution in [2.24, 2.45) is 10.4 Å². The summed E-state index contributed by atoms with van der Waals surface area (Å²) in [7, 11) is 0. The van der Waals surface area contributed by atoms with E-state index in [2.05, 4.69) is 11.9 Å². The van der Waals surface area contributed by atoms with Gasteiger partial charge >= 0.3 is 0 Å². The number of nitrogens with zero attached hydrogens (tertiary/aromatic N) is 1. The Hall–Kier alpha value is -0.330. The van der Waals surface area contributed by atoms with Crippen molar-refractivity contribution in [3.05, 3.63) is 0 Å². The Morgan fingerprint density at radius 3 is 2.50 bits per heavy atom. The SMILES string of the molecule is CC1=NCCC2(CCCCC2)C1. The molecule has 0 aromatic heterocycles. The minimum absolute atomic E-state index is 0.698. The van der Waals surface area contributed by atoms with E-state index in [1.807, 2.05) is 0 Å². The lowest BCUT2D eigenvalue weighted by molar-refractivity contribution is 0.179. The van der Waals surface area contributed by atoms with E-state index in [4.69, 9.17) is 0 Å². The highest BCUT2D eigenvalue weighted by Gasteiger charge is 2.33. The van der Waals surface area contributed by atoms with Gasteiger partial charge in [0, 0.05) is 12.3 Å². The molecule has 0 aromatic carbocycles. The molecule has 2 aliphatic rings. The van der Waals surface area contributed by atoms with Crippen molar-refractivity contribution in [2.75, 3.05) is 6.54 Å². The summed E-state index contributed by atoms with van der Waals surface area (Å²) < 4.78 is 0. The Labute approximate surface area is 75.3 Å². The molecule has 1 heterocycles.